The van der Waals surface area contributed by atoms with E-state index in [0.717, 1.165) is 60.1 Å². The molecule has 2 N–H and O–H groups in total. The van der Waals surface area contributed by atoms with E-state index >= 15 is 0 Å². The first kappa shape index (κ1) is 25.0. The van der Waals surface area contributed by atoms with Crippen molar-refractivity contribution in [1.82, 2.24) is 15.3 Å². The molecule has 4 rings (SSSR count). The van der Waals surface area contributed by atoms with Gasteiger partial charge >= 0.3 is 0 Å². The van der Waals surface area contributed by atoms with Crippen molar-refractivity contribution in [3.8, 4) is 11.5 Å². The van der Waals surface area contributed by atoms with Gasteiger partial charge in [-0.25, -0.2) is 4.98 Å². The fourth-order valence-electron chi connectivity index (χ4n) is 4.78. The fourth-order valence-corrected chi connectivity index (χ4v) is 4.78. The summed E-state index contributed by atoms with van der Waals surface area (Å²) in [4.78, 5) is 11.6. The third kappa shape index (κ3) is 6.54. The molecule has 0 saturated heterocycles. The number of nitrogens with one attached hydrogen (secondary N) is 2. The van der Waals surface area contributed by atoms with Crippen LogP contribution in [0.25, 0.3) is 10.9 Å². The zero-order valence-electron chi connectivity index (χ0n) is 21.5. The van der Waals surface area contributed by atoms with E-state index in [1.54, 1.807) is 0 Å². The van der Waals surface area contributed by atoms with Crippen LogP contribution in [0.1, 0.15) is 45.1 Å². The Morgan fingerprint density at radius 3 is 2.40 bits per heavy atom. The molecule has 2 aromatic carbocycles. The minimum atomic E-state index is 0.419. The number of ether oxygens (including phenoxy) is 2. The van der Waals surface area contributed by atoms with Gasteiger partial charge in [0.15, 0.2) is 11.5 Å². The lowest BCUT2D eigenvalue weighted by molar-refractivity contribution is 0.287. The van der Waals surface area contributed by atoms with E-state index in [-0.39, 0.29) is 0 Å². The Hall–Kier alpha value is -3.06. The van der Waals surface area contributed by atoms with E-state index in [2.05, 4.69) is 39.8 Å². The van der Waals surface area contributed by atoms with Crippen LogP contribution in [0.15, 0.2) is 42.5 Å². The van der Waals surface area contributed by atoms with Gasteiger partial charge in [-0.15, -0.1) is 0 Å². The van der Waals surface area contributed by atoms with Gasteiger partial charge in [0.2, 0.25) is 5.95 Å². The minimum Gasteiger partial charge on any atom is -0.490 e. The first-order valence-electron chi connectivity index (χ1n) is 12.9. The maximum Gasteiger partial charge on any atom is 0.225 e. The molecule has 0 aliphatic heterocycles. The highest BCUT2D eigenvalue weighted by atomic mass is 16.5. The van der Waals surface area contributed by atoms with E-state index in [0.29, 0.717) is 25.2 Å². The first-order chi connectivity index (χ1) is 17.1. The standard InChI is InChI=1S/C28H39N5O2/c1-5-34-25-16-13-21(17-26(25)35-6-2)19-29-18-20-11-14-22(15-12-20)30-28-31-24-10-8-7-9-23(24)27(32-28)33(3)4/h7-10,13,16-17,20,22,29H,5-6,11-12,14-15,18-19H2,1-4H3,(H,30,31,32). The Morgan fingerprint density at radius 1 is 0.914 bits per heavy atom. The van der Waals surface area contributed by atoms with Crippen LogP contribution in [0, 0.1) is 5.92 Å². The summed E-state index contributed by atoms with van der Waals surface area (Å²) in [5.41, 5.74) is 2.20. The molecule has 0 atom stereocenters. The summed E-state index contributed by atoms with van der Waals surface area (Å²) in [7, 11) is 4.06. The molecular weight excluding hydrogens is 438 g/mol. The van der Waals surface area contributed by atoms with Gasteiger partial charge < -0.3 is 25.0 Å². The number of aromatic nitrogens is 2. The van der Waals surface area contributed by atoms with Crippen molar-refractivity contribution in [3.05, 3.63) is 48.0 Å². The lowest BCUT2D eigenvalue weighted by Gasteiger charge is -2.29. The molecule has 7 nitrogen and oxygen atoms in total. The third-order valence-corrected chi connectivity index (χ3v) is 6.56. The molecule has 1 heterocycles. The van der Waals surface area contributed by atoms with Gasteiger partial charge in [0.25, 0.3) is 0 Å². The van der Waals surface area contributed by atoms with Crippen molar-refractivity contribution in [2.45, 2.75) is 52.1 Å². The maximum atomic E-state index is 5.76. The minimum absolute atomic E-state index is 0.419. The monoisotopic (exact) mass is 477 g/mol. The molecule has 1 aliphatic carbocycles. The Morgan fingerprint density at radius 2 is 1.66 bits per heavy atom. The van der Waals surface area contributed by atoms with E-state index in [1.165, 1.54) is 18.4 Å². The molecule has 0 radical (unpaired) electrons. The van der Waals surface area contributed by atoms with Gasteiger partial charge in [0.1, 0.15) is 5.82 Å². The van der Waals surface area contributed by atoms with Crippen LogP contribution < -0.4 is 25.0 Å². The van der Waals surface area contributed by atoms with Gasteiger partial charge in [-0.1, -0.05) is 18.2 Å². The lowest BCUT2D eigenvalue weighted by atomic mass is 9.86. The number of rotatable bonds is 11. The number of para-hydroxylation sites is 1. The van der Waals surface area contributed by atoms with Crippen LogP contribution in [-0.4, -0.2) is 49.9 Å². The summed E-state index contributed by atoms with van der Waals surface area (Å²) < 4.78 is 11.4. The zero-order chi connectivity index (χ0) is 24.6. The smallest absolute Gasteiger partial charge is 0.225 e. The molecule has 3 aromatic rings. The summed E-state index contributed by atoms with van der Waals surface area (Å²) in [6, 6.07) is 14.8. The average Bonchev–Trinajstić information content (AvgIpc) is 2.86. The van der Waals surface area contributed by atoms with E-state index < -0.39 is 0 Å². The molecule has 1 saturated carbocycles. The molecule has 1 aliphatic rings. The highest BCUT2D eigenvalue weighted by Crippen LogP contribution is 2.30. The Balaban J connectivity index is 1.26. The van der Waals surface area contributed by atoms with E-state index in [1.807, 2.05) is 46.1 Å². The van der Waals surface area contributed by atoms with Crippen LogP contribution in [0.4, 0.5) is 11.8 Å². The summed E-state index contributed by atoms with van der Waals surface area (Å²) >= 11 is 0. The van der Waals surface area contributed by atoms with Crippen molar-refractivity contribution in [1.29, 1.82) is 0 Å². The number of hydrogen-bond donors (Lipinski definition) is 2. The highest BCUT2D eigenvalue weighted by Gasteiger charge is 2.22. The molecule has 0 spiro atoms. The molecule has 0 amide bonds. The van der Waals surface area contributed by atoms with Gasteiger partial charge in [0, 0.05) is 32.1 Å². The van der Waals surface area contributed by atoms with Crippen molar-refractivity contribution < 1.29 is 9.47 Å². The van der Waals surface area contributed by atoms with Crippen LogP contribution in [-0.2, 0) is 6.54 Å². The van der Waals surface area contributed by atoms with Gasteiger partial charge in [0.05, 0.1) is 18.7 Å². The fraction of sp³-hybridized carbons (Fsp3) is 0.500. The van der Waals surface area contributed by atoms with Gasteiger partial charge in [-0.2, -0.15) is 4.98 Å². The third-order valence-electron chi connectivity index (χ3n) is 6.56. The summed E-state index contributed by atoms with van der Waals surface area (Å²) in [5, 5.41) is 8.34. The molecule has 188 valence electrons. The van der Waals surface area contributed by atoms with Gasteiger partial charge in [-0.3, -0.25) is 0 Å². The second-order valence-corrected chi connectivity index (χ2v) is 9.42. The van der Waals surface area contributed by atoms with E-state index in [9.17, 15) is 0 Å². The number of fused-ring (bicyclic) bond motifs is 1. The number of anilines is 2. The summed E-state index contributed by atoms with van der Waals surface area (Å²) in [5.74, 6) is 4.02. The van der Waals surface area contributed by atoms with Crippen LogP contribution >= 0.6 is 0 Å². The first-order valence-corrected chi connectivity index (χ1v) is 12.9. The summed E-state index contributed by atoms with van der Waals surface area (Å²) in [6.45, 7) is 7.13. The molecule has 0 unspecified atom stereocenters. The van der Waals surface area contributed by atoms with Crippen molar-refractivity contribution in [2.24, 2.45) is 5.92 Å². The normalized spacial score (nSPS) is 17.8. The molecule has 1 fully saturated rings. The SMILES string of the molecule is CCOc1ccc(CNCC2CCC(Nc3nc(N(C)C)c4ccccc4n3)CC2)cc1OCC. The molecule has 35 heavy (non-hydrogen) atoms. The number of benzene rings is 2. The van der Waals surface area contributed by atoms with Crippen LogP contribution in [0.5, 0.6) is 11.5 Å². The van der Waals surface area contributed by atoms with Crippen LogP contribution in [0.2, 0.25) is 0 Å². The molecular formula is C28H39N5O2. The van der Waals surface area contributed by atoms with Crippen LogP contribution in [0.3, 0.4) is 0 Å². The van der Waals surface area contributed by atoms with Crippen molar-refractivity contribution in [2.75, 3.05) is 44.1 Å². The highest BCUT2D eigenvalue weighted by molar-refractivity contribution is 5.90. The topological polar surface area (TPSA) is 71.5 Å². The number of nitrogens with zero attached hydrogens (tertiary/aromatic N) is 3. The molecule has 7 heteroatoms. The largest absolute Gasteiger partial charge is 0.490 e. The second-order valence-electron chi connectivity index (χ2n) is 9.42. The van der Waals surface area contributed by atoms with Crippen molar-refractivity contribution in [3.63, 3.8) is 0 Å². The maximum absolute atomic E-state index is 5.76. The van der Waals surface area contributed by atoms with Gasteiger partial charge in [-0.05, 0) is 81.8 Å². The quantitative estimate of drug-likeness (QED) is 0.391. The predicted molar refractivity (Wildman–Crippen MR) is 144 cm³/mol. The second kappa shape index (κ2) is 12.1. The lowest BCUT2D eigenvalue weighted by Crippen LogP contribution is -2.31. The summed E-state index contributed by atoms with van der Waals surface area (Å²) in [6.07, 6.45) is 4.67. The Labute approximate surface area is 209 Å². The predicted octanol–water partition coefficient (Wildman–Crippen LogP) is 5.25. The molecule has 1 aromatic heterocycles. The zero-order valence-corrected chi connectivity index (χ0v) is 21.5. The number of hydrogen-bond acceptors (Lipinski definition) is 7. The van der Waals surface area contributed by atoms with E-state index in [4.69, 9.17) is 19.4 Å². The van der Waals surface area contributed by atoms with Crippen molar-refractivity contribution >= 4 is 22.7 Å². The Bertz CT molecular complexity index is 1100. The molecule has 0 bridgehead atoms. The Kier molecular flexibility index (Phi) is 8.64. The average molecular weight is 478 g/mol.